The summed E-state index contributed by atoms with van der Waals surface area (Å²) >= 11 is 0. The van der Waals surface area contributed by atoms with Crippen LogP contribution in [0.1, 0.15) is 24.5 Å². The van der Waals surface area contributed by atoms with Crippen molar-refractivity contribution in [2.45, 2.75) is 26.2 Å². The van der Waals surface area contributed by atoms with Gasteiger partial charge in [0.1, 0.15) is 5.75 Å². The van der Waals surface area contributed by atoms with E-state index in [0.29, 0.717) is 6.54 Å². The molecule has 0 aliphatic carbocycles. The summed E-state index contributed by atoms with van der Waals surface area (Å²) in [4.78, 5) is 13.4. The summed E-state index contributed by atoms with van der Waals surface area (Å²) in [5.74, 6) is 1.01. The van der Waals surface area contributed by atoms with E-state index in [1.165, 1.54) is 11.1 Å². The lowest BCUT2D eigenvalue weighted by molar-refractivity contribution is 0.209. The molecule has 0 fully saturated rings. The van der Waals surface area contributed by atoms with Crippen molar-refractivity contribution < 1.29 is 9.53 Å². The Morgan fingerprint density at radius 2 is 2.32 bits per heavy atom. The minimum Gasteiger partial charge on any atom is -0.493 e. The van der Waals surface area contributed by atoms with Gasteiger partial charge in [-0.3, -0.25) is 0 Å². The Kier molecular flexibility index (Phi) is 4.66. The number of hydrogen-bond donors (Lipinski definition) is 1. The van der Waals surface area contributed by atoms with E-state index in [0.717, 1.165) is 38.2 Å². The molecule has 0 radical (unpaired) electrons. The lowest BCUT2D eigenvalue weighted by Gasteiger charge is -2.16. The first kappa shape index (κ1) is 13.7. The van der Waals surface area contributed by atoms with Crippen LogP contribution in [-0.2, 0) is 12.8 Å². The second-order valence-electron chi connectivity index (χ2n) is 4.94. The van der Waals surface area contributed by atoms with Gasteiger partial charge in [0.05, 0.1) is 6.61 Å². The molecule has 2 amide bonds. The number of urea groups is 1. The van der Waals surface area contributed by atoms with Crippen LogP contribution < -0.4 is 10.1 Å². The van der Waals surface area contributed by atoms with Gasteiger partial charge in [-0.15, -0.1) is 0 Å². The number of rotatable bonds is 5. The van der Waals surface area contributed by atoms with Crippen LogP contribution in [0, 0.1) is 0 Å². The molecule has 1 aliphatic rings. The van der Waals surface area contributed by atoms with Gasteiger partial charge in [-0.25, -0.2) is 4.79 Å². The molecule has 0 saturated carbocycles. The molecular formula is C15H22N2O2. The van der Waals surface area contributed by atoms with E-state index in [-0.39, 0.29) is 6.03 Å². The summed E-state index contributed by atoms with van der Waals surface area (Å²) in [6, 6.07) is 6.30. The van der Waals surface area contributed by atoms with Gasteiger partial charge in [-0.05, 0) is 30.0 Å². The number of ether oxygens (including phenoxy) is 1. The topological polar surface area (TPSA) is 41.6 Å². The van der Waals surface area contributed by atoms with E-state index in [2.05, 4.69) is 24.4 Å². The summed E-state index contributed by atoms with van der Waals surface area (Å²) in [5.41, 5.74) is 2.54. The first-order valence-corrected chi connectivity index (χ1v) is 6.94. The molecule has 1 N–H and O–H groups in total. The van der Waals surface area contributed by atoms with Crippen LogP contribution in [0.2, 0.25) is 0 Å². The lowest BCUT2D eigenvalue weighted by atomic mass is 10.1. The first-order chi connectivity index (χ1) is 9.20. The molecular weight excluding hydrogens is 240 g/mol. The molecule has 0 bridgehead atoms. The maximum atomic E-state index is 11.7. The van der Waals surface area contributed by atoms with Crippen LogP contribution >= 0.6 is 0 Å². The fourth-order valence-electron chi connectivity index (χ4n) is 2.28. The number of carbonyl (C=O) groups is 1. The minimum absolute atomic E-state index is 0.00587. The monoisotopic (exact) mass is 262 g/mol. The highest BCUT2D eigenvalue weighted by molar-refractivity contribution is 5.73. The number of nitrogens with zero attached hydrogens (tertiary/aromatic N) is 1. The van der Waals surface area contributed by atoms with E-state index in [4.69, 9.17) is 4.74 Å². The fraction of sp³-hybridized carbons (Fsp3) is 0.533. The van der Waals surface area contributed by atoms with Crippen molar-refractivity contribution in [1.82, 2.24) is 10.2 Å². The second kappa shape index (κ2) is 6.45. The summed E-state index contributed by atoms with van der Waals surface area (Å²) in [6.45, 7) is 4.32. The Bertz CT molecular complexity index is 446. The van der Waals surface area contributed by atoms with Gasteiger partial charge < -0.3 is 15.0 Å². The van der Waals surface area contributed by atoms with Crippen molar-refractivity contribution in [3.63, 3.8) is 0 Å². The van der Waals surface area contributed by atoms with Crippen molar-refractivity contribution in [2.24, 2.45) is 0 Å². The van der Waals surface area contributed by atoms with Crippen molar-refractivity contribution in [1.29, 1.82) is 0 Å². The van der Waals surface area contributed by atoms with Crippen LogP contribution in [0.15, 0.2) is 18.2 Å². The zero-order chi connectivity index (χ0) is 13.7. The summed E-state index contributed by atoms with van der Waals surface area (Å²) < 4.78 is 5.48. The number of hydrogen-bond acceptors (Lipinski definition) is 2. The molecule has 1 aromatic rings. The van der Waals surface area contributed by atoms with Crippen LogP contribution in [0.4, 0.5) is 4.79 Å². The molecule has 0 unspecified atom stereocenters. The Balaban J connectivity index is 1.78. The van der Waals surface area contributed by atoms with Gasteiger partial charge in [0.25, 0.3) is 0 Å². The summed E-state index contributed by atoms with van der Waals surface area (Å²) in [6.07, 6.45) is 2.84. The molecule has 2 rings (SSSR count). The van der Waals surface area contributed by atoms with Gasteiger partial charge in [0.2, 0.25) is 0 Å². The predicted molar refractivity (Wildman–Crippen MR) is 75.7 cm³/mol. The quantitative estimate of drug-likeness (QED) is 0.884. The zero-order valence-corrected chi connectivity index (χ0v) is 11.7. The first-order valence-electron chi connectivity index (χ1n) is 6.94. The Labute approximate surface area is 114 Å². The van der Waals surface area contributed by atoms with Gasteiger partial charge in [-0.2, -0.15) is 0 Å². The Morgan fingerprint density at radius 3 is 3.11 bits per heavy atom. The third-order valence-corrected chi connectivity index (χ3v) is 3.35. The molecule has 104 valence electrons. The molecule has 0 spiro atoms. The van der Waals surface area contributed by atoms with Crippen LogP contribution in [-0.4, -0.2) is 37.7 Å². The highest BCUT2D eigenvalue weighted by atomic mass is 16.5. The molecule has 0 saturated heterocycles. The van der Waals surface area contributed by atoms with Gasteiger partial charge >= 0.3 is 6.03 Å². The molecule has 0 atom stereocenters. The standard InChI is InChI=1S/C15H22N2O2/c1-3-9-17(2)15(18)16-8-6-12-4-5-14-13(11-12)7-10-19-14/h4-5,11H,3,6-10H2,1-2H3,(H,16,18). The van der Waals surface area contributed by atoms with Gasteiger partial charge in [0.15, 0.2) is 0 Å². The molecule has 19 heavy (non-hydrogen) atoms. The molecule has 4 heteroatoms. The SMILES string of the molecule is CCCN(C)C(=O)NCCc1ccc2c(c1)CCO2. The lowest BCUT2D eigenvalue weighted by Crippen LogP contribution is -2.38. The Hall–Kier alpha value is -1.71. The highest BCUT2D eigenvalue weighted by Crippen LogP contribution is 2.25. The number of carbonyl (C=O) groups excluding carboxylic acids is 1. The molecule has 1 aliphatic heterocycles. The van der Waals surface area contributed by atoms with Crippen molar-refractivity contribution in [3.05, 3.63) is 29.3 Å². The predicted octanol–water partition coefficient (Wildman–Crippen LogP) is 2.22. The molecule has 1 aromatic carbocycles. The summed E-state index contributed by atoms with van der Waals surface area (Å²) in [5, 5.41) is 2.94. The minimum atomic E-state index is 0.00587. The van der Waals surface area contributed by atoms with Crippen molar-refractivity contribution in [3.8, 4) is 5.75 Å². The largest absolute Gasteiger partial charge is 0.493 e. The number of fused-ring (bicyclic) bond motifs is 1. The second-order valence-corrected chi connectivity index (χ2v) is 4.94. The van der Waals surface area contributed by atoms with E-state index < -0.39 is 0 Å². The number of amides is 2. The van der Waals surface area contributed by atoms with Crippen LogP contribution in [0.25, 0.3) is 0 Å². The van der Waals surface area contributed by atoms with Crippen LogP contribution in [0.5, 0.6) is 5.75 Å². The van der Waals surface area contributed by atoms with Crippen molar-refractivity contribution >= 4 is 6.03 Å². The number of nitrogens with one attached hydrogen (secondary N) is 1. The fourth-order valence-corrected chi connectivity index (χ4v) is 2.28. The van der Waals surface area contributed by atoms with Crippen molar-refractivity contribution in [2.75, 3.05) is 26.7 Å². The maximum Gasteiger partial charge on any atom is 0.317 e. The van der Waals surface area contributed by atoms with E-state index in [9.17, 15) is 4.79 Å². The number of benzene rings is 1. The van der Waals surface area contributed by atoms with E-state index in [1.54, 1.807) is 4.90 Å². The van der Waals surface area contributed by atoms with E-state index >= 15 is 0 Å². The molecule has 0 aromatic heterocycles. The average molecular weight is 262 g/mol. The Morgan fingerprint density at radius 1 is 1.47 bits per heavy atom. The zero-order valence-electron chi connectivity index (χ0n) is 11.7. The van der Waals surface area contributed by atoms with Crippen LogP contribution in [0.3, 0.4) is 0 Å². The van der Waals surface area contributed by atoms with Gasteiger partial charge in [-0.1, -0.05) is 19.1 Å². The normalized spacial score (nSPS) is 12.7. The maximum absolute atomic E-state index is 11.7. The van der Waals surface area contributed by atoms with Gasteiger partial charge in [0, 0.05) is 26.6 Å². The third kappa shape index (κ3) is 3.63. The van der Waals surface area contributed by atoms with E-state index in [1.807, 2.05) is 13.1 Å². The molecule has 1 heterocycles. The average Bonchev–Trinajstić information content (AvgIpc) is 2.86. The smallest absolute Gasteiger partial charge is 0.317 e. The summed E-state index contributed by atoms with van der Waals surface area (Å²) in [7, 11) is 1.82. The molecule has 4 nitrogen and oxygen atoms in total. The third-order valence-electron chi connectivity index (χ3n) is 3.35. The highest BCUT2D eigenvalue weighted by Gasteiger charge is 2.12.